The van der Waals surface area contributed by atoms with Crippen LogP contribution in [0.15, 0.2) is 24.3 Å². The van der Waals surface area contributed by atoms with Gasteiger partial charge in [0.2, 0.25) is 5.91 Å². The highest BCUT2D eigenvalue weighted by Crippen LogP contribution is 2.16. The molecule has 1 saturated heterocycles. The second-order valence-corrected chi connectivity index (χ2v) is 4.93. The van der Waals surface area contributed by atoms with Crippen LogP contribution in [0.3, 0.4) is 0 Å². The predicted octanol–water partition coefficient (Wildman–Crippen LogP) is 2.16. The number of anilines is 1. The lowest BCUT2D eigenvalue weighted by molar-refractivity contribution is -0.121. The molecule has 2 rings (SSSR count). The number of nitrogens with zero attached hydrogens (tertiary/aromatic N) is 1. The monoisotopic (exact) mass is 349 g/mol. The van der Waals surface area contributed by atoms with Crippen LogP contribution in [0.1, 0.15) is 13.3 Å². The first-order valence-corrected chi connectivity index (χ1v) is 7.14. The SMILES string of the molecule is CCC(C(=O)Nc1ccc(OC)cc1)N1CCNCC1.Cl.Cl. The van der Waals surface area contributed by atoms with E-state index in [1.807, 2.05) is 24.3 Å². The van der Waals surface area contributed by atoms with Gasteiger partial charge in [-0.2, -0.15) is 0 Å². The molecule has 7 heteroatoms. The standard InChI is InChI=1S/C15H23N3O2.2ClH/c1-3-14(18-10-8-16-9-11-18)15(19)17-12-4-6-13(20-2)7-5-12;;/h4-7,14,16H,3,8-11H2,1-2H3,(H,17,19);2*1H. The minimum Gasteiger partial charge on any atom is -0.497 e. The van der Waals surface area contributed by atoms with Crippen molar-refractivity contribution in [3.63, 3.8) is 0 Å². The molecule has 1 heterocycles. The number of carbonyl (C=O) groups is 1. The van der Waals surface area contributed by atoms with Gasteiger partial charge < -0.3 is 15.4 Å². The number of rotatable bonds is 5. The van der Waals surface area contributed by atoms with Gasteiger partial charge in [0.05, 0.1) is 13.2 Å². The molecule has 1 aromatic carbocycles. The van der Waals surface area contributed by atoms with E-state index < -0.39 is 0 Å². The summed E-state index contributed by atoms with van der Waals surface area (Å²) in [6.07, 6.45) is 0.821. The zero-order chi connectivity index (χ0) is 14.4. The summed E-state index contributed by atoms with van der Waals surface area (Å²) >= 11 is 0. The Bertz CT molecular complexity index is 437. The molecule has 126 valence electrons. The van der Waals surface area contributed by atoms with E-state index in [-0.39, 0.29) is 36.8 Å². The molecule has 0 radical (unpaired) electrons. The van der Waals surface area contributed by atoms with Crippen molar-refractivity contribution in [1.82, 2.24) is 10.2 Å². The number of ether oxygens (including phenoxy) is 1. The molecule has 1 aliphatic rings. The van der Waals surface area contributed by atoms with Gasteiger partial charge in [-0.3, -0.25) is 9.69 Å². The second kappa shape index (κ2) is 10.7. The van der Waals surface area contributed by atoms with Gasteiger partial charge in [-0.05, 0) is 30.7 Å². The third-order valence-electron chi connectivity index (χ3n) is 3.64. The molecule has 0 bridgehead atoms. The van der Waals surface area contributed by atoms with Crippen molar-refractivity contribution in [2.24, 2.45) is 0 Å². The molecule has 5 nitrogen and oxygen atoms in total. The lowest BCUT2D eigenvalue weighted by Crippen LogP contribution is -2.52. The molecule has 1 amide bonds. The number of piperazine rings is 1. The average molecular weight is 350 g/mol. The Hall–Kier alpha value is -1.01. The van der Waals surface area contributed by atoms with E-state index in [9.17, 15) is 4.79 Å². The molecule has 1 unspecified atom stereocenters. The van der Waals surface area contributed by atoms with Gasteiger partial charge in [-0.15, -0.1) is 24.8 Å². The van der Waals surface area contributed by atoms with E-state index in [1.165, 1.54) is 0 Å². The topological polar surface area (TPSA) is 53.6 Å². The van der Waals surface area contributed by atoms with Crippen LogP contribution < -0.4 is 15.4 Å². The fraction of sp³-hybridized carbons (Fsp3) is 0.533. The van der Waals surface area contributed by atoms with Crippen LogP contribution in [0.4, 0.5) is 5.69 Å². The van der Waals surface area contributed by atoms with Crippen LogP contribution in [0, 0.1) is 0 Å². The van der Waals surface area contributed by atoms with Crippen LogP contribution in [0.25, 0.3) is 0 Å². The van der Waals surface area contributed by atoms with E-state index in [4.69, 9.17) is 4.74 Å². The largest absolute Gasteiger partial charge is 0.497 e. The van der Waals surface area contributed by atoms with Gasteiger partial charge in [0.1, 0.15) is 5.75 Å². The molecular weight excluding hydrogens is 325 g/mol. The summed E-state index contributed by atoms with van der Waals surface area (Å²) in [5.41, 5.74) is 0.810. The summed E-state index contributed by atoms with van der Waals surface area (Å²) < 4.78 is 5.11. The zero-order valence-corrected chi connectivity index (χ0v) is 14.6. The molecule has 1 aliphatic heterocycles. The molecule has 1 fully saturated rings. The highest BCUT2D eigenvalue weighted by atomic mass is 35.5. The van der Waals surface area contributed by atoms with Gasteiger partial charge in [-0.1, -0.05) is 6.92 Å². The molecule has 0 saturated carbocycles. The number of hydrogen-bond donors (Lipinski definition) is 2. The maximum atomic E-state index is 12.4. The predicted molar refractivity (Wildman–Crippen MR) is 94.6 cm³/mol. The highest BCUT2D eigenvalue weighted by molar-refractivity contribution is 5.94. The molecule has 1 aromatic rings. The van der Waals surface area contributed by atoms with Gasteiger partial charge in [-0.25, -0.2) is 0 Å². The lowest BCUT2D eigenvalue weighted by atomic mass is 10.1. The van der Waals surface area contributed by atoms with Crippen LogP contribution in [0.2, 0.25) is 0 Å². The fourth-order valence-electron chi connectivity index (χ4n) is 2.50. The van der Waals surface area contributed by atoms with E-state index >= 15 is 0 Å². The van der Waals surface area contributed by atoms with Crippen molar-refractivity contribution in [2.45, 2.75) is 19.4 Å². The Kier molecular flexibility index (Phi) is 10.2. The van der Waals surface area contributed by atoms with E-state index in [2.05, 4.69) is 22.5 Å². The molecule has 2 N–H and O–H groups in total. The van der Waals surface area contributed by atoms with E-state index in [0.717, 1.165) is 44.0 Å². The number of benzene rings is 1. The number of amides is 1. The maximum Gasteiger partial charge on any atom is 0.241 e. The van der Waals surface area contributed by atoms with Crippen LogP contribution in [0.5, 0.6) is 5.75 Å². The number of methoxy groups -OCH3 is 1. The smallest absolute Gasteiger partial charge is 0.241 e. The Balaban J connectivity index is 0.00000220. The summed E-state index contributed by atoms with van der Waals surface area (Å²) in [4.78, 5) is 14.6. The van der Waals surface area contributed by atoms with Crippen molar-refractivity contribution >= 4 is 36.4 Å². The van der Waals surface area contributed by atoms with Crippen molar-refractivity contribution in [2.75, 3.05) is 38.6 Å². The fourth-order valence-corrected chi connectivity index (χ4v) is 2.50. The normalized spacial score (nSPS) is 15.9. The first-order chi connectivity index (χ1) is 9.74. The van der Waals surface area contributed by atoms with E-state index in [0.29, 0.717) is 0 Å². The Morgan fingerprint density at radius 3 is 2.36 bits per heavy atom. The van der Waals surface area contributed by atoms with Crippen LogP contribution in [-0.4, -0.2) is 50.1 Å². The summed E-state index contributed by atoms with van der Waals surface area (Å²) in [7, 11) is 1.63. The van der Waals surface area contributed by atoms with E-state index in [1.54, 1.807) is 7.11 Å². The third kappa shape index (κ3) is 5.65. The van der Waals surface area contributed by atoms with Crippen LogP contribution >= 0.6 is 24.8 Å². The van der Waals surface area contributed by atoms with Gasteiger partial charge in [0.15, 0.2) is 0 Å². The first kappa shape index (κ1) is 21.0. The zero-order valence-electron chi connectivity index (χ0n) is 13.0. The molecule has 22 heavy (non-hydrogen) atoms. The maximum absolute atomic E-state index is 12.4. The lowest BCUT2D eigenvalue weighted by Gasteiger charge is -2.33. The summed E-state index contributed by atoms with van der Waals surface area (Å²) in [6, 6.07) is 7.37. The quantitative estimate of drug-likeness (QED) is 0.855. The van der Waals surface area contributed by atoms with Crippen molar-refractivity contribution in [3.05, 3.63) is 24.3 Å². The number of halogens is 2. The van der Waals surface area contributed by atoms with Gasteiger partial charge in [0, 0.05) is 31.9 Å². The summed E-state index contributed by atoms with van der Waals surface area (Å²) in [5, 5.41) is 6.29. The average Bonchev–Trinajstić information content (AvgIpc) is 2.50. The highest BCUT2D eigenvalue weighted by Gasteiger charge is 2.25. The second-order valence-electron chi connectivity index (χ2n) is 4.93. The Labute approximate surface area is 144 Å². The molecule has 0 aliphatic carbocycles. The van der Waals surface area contributed by atoms with Crippen molar-refractivity contribution < 1.29 is 9.53 Å². The van der Waals surface area contributed by atoms with Gasteiger partial charge >= 0.3 is 0 Å². The summed E-state index contributed by atoms with van der Waals surface area (Å²) in [6.45, 7) is 5.81. The molecule has 0 spiro atoms. The minimum atomic E-state index is -0.0563. The molecule has 0 aromatic heterocycles. The first-order valence-electron chi connectivity index (χ1n) is 7.14. The molecular formula is C15H25Cl2N3O2. The number of carbonyl (C=O) groups excluding carboxylic acids is 1. The third-order valence-corrected chi connectivity index (χ3v) is 3.64. The Morgan fingerprint density at radius 2 is 1.86 bits per heavy atom. The van der Waals surface area contributed by atoms with Gasteiger partial charge in [0.25, 0.3) is 0 Å². The summed E-state index contributed by atoms with van der Waals surface area (Å²) in [5.74, 6) is 0.858. The number of nitrogens with one attached hydrogen (secondary N) is 2. The Morgan fingerprint density at radius 1 is 1.27 bits per heavy atom. The van der Waals surface area contributed by atoms with Crippen LogP contribution in [-0.2, 0) is 4.79 Å². The van der Waals surface area contributed by atoms with Crippen molar-refractivity contribution in [3.8, 4) is 5.75 Å². The molecule has 1 atom stereocenters. The number of hydrogen-bond acceptors (Lipinski definition) is 4. The minimum absolute atomic E-state index is 0. The van der Waals surface area contributed by atoms with Crippen molar-refractivity contribution in [1.29, 1.82) is 0 Å².